The van der Waals surface area contributed by atoms with Crippen LogP contribution in [0.3, 0.4) is 0 Å². The van der Waals surface area contributed by atoms with Crippen molar-refractivity contribution in [1.29, 1.82) is 0 Å². The van der Waals surface area contributed by atoms with Gasteiger partial charge in [0.15, 0.2) is 5.82 Å². The number of anilines is 3. The van der Waals surface area contributed by atoms with Crippen molar-refractivity contribution in [3.8, 4) is 0 Å². The minimum absolute atomic E-state index is 0.209. The van der Waals surface area contributed by atoms with Gasteiger partial charge < -0.3 is 25.2 Å². The second kappa shape index (κ2) is 9.32. The van der Waals surface area contributed by atoms with Crippen LogP contribution in [0.4, 0.5) is 22.4 Å². The van der Waals surface area contributed by atoms with E-state index in [2.05, 4.69) is 37.4 Å². The first-order valence-corrected chi connectivity index (χ1v) is 9.44. The molecule has 2 amide bonds. The predicted molar refractivity (Wildman–Crippen MR) is 109 cm³/mol. The average Bonchev–Trinajstić information content (AvgIpc) is 2.73. The Bertz CT molecular complexity index is 807. The number of aryl methyl sites for hydroxylation is 1. The lowest BCUT2D eigenvalue weighted by atomic mass is 10.1. The van der Waals surface area contributed by atoms with Crippen LogP contribution >= 0.6 is 0 Å². The zero-order valence-corrected chi connectivity index (χ0v) is 16.6. The van der Waals surface area contributed by atoms with Crippen molar-refractivity contribution < 1.29 is 9.53 Å². The molecule has 0 aliphatic carbocycles. The number of hydrogen-bond donors (Lipinski definition) is 2. The molecule has 2 N–H and O–H groups in total. The summed E-state index contributed by atoms with van der Waals surface area (Å²) in [4.78, 5) is 29.7. The zero-order valence-electron chi connectivity index (χ0n) is 16.6. The van der Waals surface area contributed by atoms with Gasteiger partial charge in [-0.1, -0.05) is 25.1 Å². The fourth-order valence-corrected chi connectivity index (χ4v) is 2.86. The van der Waals surface area contributed by atoms with Gasteiger partial charge in [-0.15, -0.1) is 0 Å². The summed E-state index contributed by atoms with van der Waals surface area (Å²) in [7, 11) is 3.76. The highest BCUT2D eigenvalue weighted by atomic mass is 16.5. The number of rotatable bonds is 6. The molecule has 1 aromatic carbocycles. The third-order valence-electron chi connectivity index (χ3n) is 4.41. The van der Waals surface area contributed by atoms with Crippen molar-refractivity contribution in [2.24, 2.45) is 0 Å². The fraction of sp³-hybridized carbons (Fsp3) is 0.474. The average molecular weight is 385 g/mol. The number of urea groups is 1. The Kier molecular flexibility index (Phi) is 6.59. The molecule has 0 atom stereocenters. The lowest BCUT2D eigenvalue weighted by Crippen LogP contribution is -2.38. The number of nitrogens with zero attached hydrogens (tertiary/aromatic N) is 5. The van der Waals surface area contributed by atoms with E-state index in [9.17, 15) is 4.79 Å². The summed E-state index contributed by atoms with van der Waals surface area (Å²) in [6.45, 7) is 5.03. The second-order valence-corrected chi connectivity index (χ2v) is 6.66. The highest BCUT2D eigenvalue weighted by Crippen LogP contribution is 2.16. The summed E-state index contributed by atoms with van der Waals surface area (Å²) in [5.74, 6) is 1.68. The minimum atomic E-state index is -0.291. The molecule has 2 heterocycles. The Morgan fingerprint density at radius 1 is 1.18 bits per heavy atom. The summed E-state index contributed by atoms with van der Waals surface area (Å²) < 4.78 is 5.39. The molecule has 0 radical (unpaired) electrons. The SMILES string of the molecule is CCc1ccccc1NC(=O)NCc1nc(N(C)C)nc(N2CCOCC2)n1. The number of amides is 2. The number of hydrogen-bond acceptors (Lipinski definition) is 7. The predicted octanol–water partition coefficient (Wildman–Crippen LogP) is 1.66. The smallest absolute Gasteiger partial charge is 0.319 e. The van der Waals surface area contributed by atoms with Crippen LogP contribution in [0.25, 0.3) is 0 Å². The molecule has 150 valence electrons. The maximum Gasteiger partial charge on any atom is 0.319 e. The molecule has 1 aliphatic rings. The first kappa shape index (κ1) is 19.8. The maximum atomic E-state index is 12.3. The second-order valence-electron chi connectivity index (χ2n) is 6.66. The first-order chi connectivity index (χ1) is 13.6. The van der Waals surface area contributed by atoms with Crippen molar-refractivity contribution in [1.82, 2.24) is 20.3 Å². The van der Waals surface area contributed by atoms with Gasteiger partial charge in [0.25, 0.3) is 0 Å². The van der Waals surface area contributed by atoms with Crippen molar-refractivity contribution >= 4 is 23.6 Å². The van der Waals surface area contributed by atoms with E-state index in [-0.39, 0.29) is 12.6 Å². The number of benzene rings is 1. The molecule has 1 saturated heterocycles. The molecule has 28 heavy (non-hydrogen) atoms. The summed E-state index contributed by atoms with van der Waals surface area (Å²) in [5, 5.41) is 5.72. The highest BCUT2D eigenvalue weighted by Gasteiger charge is 2.17. The summed E-state index contributed by atoms with van der Waals surface area (Å²) in [6.07, 6.45) is 0.846. The van der Waals surface area contributed by atoms with E-state index in [0.29, 0.717) is 30.9 Å². The van der Waals surface area contributed by atoms with Gasteiger partial charge in [0, 0.05) is 32.9 Å². The molecule has 1 aliphatic heterocycles. The molecule has 1 fully saturated rings. The van der Waals surface area contributed by atoms with Crippen LogP contribution in [0.15, 0.2) is 24.3 Å². The highest BCUT2D eigenvalue weighted by molar-refractivity contribution is 5.90. The number of morpholine rings is 1. The van der Waals surface area contributed by atoms with Crippen molar-refractivity contribution in [3.63, 3.8) is 0 Å². The van der Waals surface area contributed by atoms with E-state index >= 15 is 0 Å². The van der Waals surface area contributed by atoms with Crippen LogP contribution in [-0.4, -0.2) is 61.4 Å². The van der Waals surface area contributed by atoms with Crippen LogP contribution in [0.1, 0.15) is 18.3 Å². The molecule has 0 saturated carbocycles. The topological polar surface area (TPSA) is 95.5 Å². The molecular formula is C19H27N7O2. The van der Waals surface area contributed by atoms with Gasteiger partial charge in [0.1, 0.15) is 0 Å². The first-order valence-electron chi connectivity index (χ1n) is 9.44. The molecule has 3 rings (SSSR count). The van der Waals surface area contributed by atoms with E-state index < -0.39 is 0 Å². The number of aromatic nitrogens is 3. The van der Waals surface area contributed by atoms with Gasteiger partial charge in [0.2, 0.25) is 11.9 Å². The number of ether oxygens (including phenoxy) is 1. The third-order valence-corrected chi connectivity index (χ3v) is 4.41. The molecule has 0 unspecified atom stereocenters. The lowest BCUT2D eigenvalue weighted by Gasteiger charge is -2.27. The van der Waals surface area contributed by atoms with Crippen LogP contribution in [0, 0.1) is 0 Å². The maximum absolute atomic E-state index is 12.3. The Hall–Kier alpha value is -2.94. The van der Waals surface area contributed by atoms with Gasteiger partial charge >= 0.3 is 6.03 Å². The van der Waals surface area contributed by atoms with Crippen LogP contribution in [-0.2, 0) is 17.7 Å². The standard InChI is InChI=1S/C19H27N7O2/c1-4-14-7-5-6-8-15(14)21-19(27)20-13-16-22-17(25(2)3)24-18(23-16)26-9-11-28-12-10-26/h5-8H,4,9-13H2,1-3H3,(H2,20,21,27). The molecule has 9 nitrogen and oxygen atoms in total. The normalized spacial score (nSPS) is 13.9. The zero-order chi connectivity index (χ0) is 19.9. The Morgan fingerprint density at radius 3 is 2.64 bits per heavy atom. The van der Waals surface area contributed by atoms with Gasteiger partial charge in [-0.25, -0.2) is 4.79 Å². The van der Waals surface area contributed by atoms with E-state index in [1.165, 1.54) is 0 Å². The Balaban J connectivity index is 1.68. The third kappa shape index (κ3) is 5.07. The van der Waals surface area contributed by atoms with Crippen molar-refractivity contribution in [2.45, 2.75) is 19.9 Å². The molecule has 2 aromatic rings. The van der Waals surface area contributed by atoms with E-state index in [4.69, 9.17) is 4.74 Å². The quantitative estimate of drug-likeness (QED) is 0.781. The lowest BCUT2D eigenvalue weighted by molar-refractivity contribution is 0.122. The summed E-state index contributed by atoms with van der Waals surface area (Å²) in [5.41, 5.74) is 1.89. The van der Waals surface area contributed by atoms with Gasteiger partial charge in [-0.05, 0) is 18.1 Å². The molecule has 9 heteroatoms. The number of carbonyl (C=O) groups is 1. The van der Waals surface area contributed by atoms with Gasteiger partial charge in [-0.2, -0.15) is 15.0 Å². The monoisotopic (exact) mass is 385 g/mol. The Morgan fingerprint density at radius 2 is 1.93 bits per heavy atom. The number of carbonyl (C=O) groups excluding carboxylic acids is 1. The van der Waals surface area contributed by atoms with Crippen LogP contribution < -0.4 is 20.4 Å². The summed E-state index contributed by atoms with van der Waals surface area (Å²) >= 11 is 0. The van der Waals surface area contributed by atoms with Crippen LogP contribution in [0.2, 0.25) is 0 Å². The summed E-state index contributed by atoms with van der Waals surface area (Å²) in [6, 6.07) is 7.46. The number of nitrogens with one attached hydrogen (secondary N) is 2. The fourth-order valence-electron chi connectivity index (χ4n) is 2.86. The van der Waals surface area contributed by atoms with Gasteiger partial charge in [-0.3, -0.25) is 0 Å². The largest absolute Gasteiger partial charge is 0.378 e. The molecular weight excluding hydrogens is 358 g/mol. The van der Waals surface area contributed by atoms with E-state index in [1.807, 2.05) is 43.3 Å². The minimum Gasteiger partial charge on any atom is -0.378 e. The van der Waals surface area contributed by atoms with E-state index in [1.54, 1.807) is 0 Å². The van der Waals surface area contributed by atoms with E-state index in [0.717, 1.165) is 30.8 Å². The molecule has 0 bridgehead atoms. The molecule has 1 aromatic heterocycles. The Labute approximate surface area is 165 Å². The van der Waals surface area contributed by atoms with Crippen molar-refractivity contribution in [2.75, 3.05) is 55.5 Å². The van der Waals surface area contributed by atoms with Crippen molar-refractivity contribution in [3.05, 3.63) is 35.7 Å². The van der Waals surface area contributed by atoms with Crippen LogP contribution in [0.5, 0.6) is 0 Å². The molecule has 0 spiro atoms. The number of para-hydroxylation sites is 1. The van der Waals surface area contributed by atoms with Gasteiger partial charge in [0.05, 0.1) is 19.8 Å².